The van der Waals surface area contributed by atoms with Gasteiger partial charge in [0, 0.05) is 0 Å². The van der Waals surface area contributed by atoms with Crippen molar-refractivity contribution in [2.45, 2.75) is 88.5 Å². The van der Waals surface area contributed by atoms with Crippen LogP contribution in [-0.4, -0.2) is 45.4 Å². The molecule has 1 heterocycles. The van der Waals surface area contributed by atoms with E-state index < -0.39 is 0 Å². The van der Waals surface area contributed by atoms with Gasteiger partial charge in [-0.25, -0.2) is 0 Å². The molecule has 1 fully saturated rings. The van der Waals surface area contributed by atoms with Gasteiger partial charge in [0.25, 0.3) is 0 Å². The van der Waals surface area contributed by atoms with Crippen molar-refractivity contribution >= 4 is 33.3 Å². The van der Waals surface area contributed by atoms with Crippen molar-refractivity contribution in [3.63, 3.8) is 0 Å². The number of hydrogen-bond acceptors (Lipinski definition) is 5. The maximum atomic E-state index is 2.74. The van der Waals surface area contributed by atoms with E-state index in [2.05, 4.69) is 70.8 Å². The third-order valence-electron chi connectivity index (χ3n) is 4.24. The summed E-state index contributed by atoms with van der Waals surface area (Å²) in [6, 6.07) is 0. The molecule has 0 amide bonds. The molecule has 5 heteroatoms. The molecule has 0 aromatic heterocycles. The van der Waals surface area contributed by atoms with Crippen LogP contribution in [0.4, 0.5) is 0 Å². The Morgan fingerprint density at radius 3 is 1.13 bits per heavy atom. The summed E-state index contributed by atoms with van der Waals surface area (Å²) in [6.45, 7) is 14.3. The van der Waals surface area contributed by atoms with Crippen molar-refractivity contribution < 1.29 is 0 Å². The molecule has 0 saturated carbocycles. The Morgan fingerprint density at radius 1 is 0.565 bits per heavy atom. The normalized spacial score (nSPS) is 21.7. The van der Waals surface area contributed by atoms with Crippen LogP contribution in [0.5, 0.6) is 0 Å². The maximum absolute atomic E-state index is 2.74. The Balaban J connectivity index is 2.52. The van der Waals surface area contributed by atoms with Crippen molar-refractivity contribution in [3.8, 4) is 0 Å². The van der Waals surface area contributed by atoms with Gasteiger partial charge in [-0.1, -0.05) is 86.7 Å². The van der Waals surface area contributed by atoms with Gasteiger partial charge in [0.1, 0.15) is 9.41 Å². The molecule has 0 aliphatic carbocycles. The third-order valence-corrected chi connectivity index (χ3v) is 9.75. The predicted molar refractivity (Wildman–Crippen MR) is 113 cm³/mol. The average Bonchev–Trinajstić information content (AvgIpc) is 3.05. The molecule has 1 aliphatic rings. The fourth-order valence-corrected chi connectivity index (χ4v) is 8.58. The smallest absolute Gasteiger partial charge is 0.115 e. The lowest BCUT2D eigenvalue weighted by molar-refractivity contribution is 0.283. The first-order chi connectivity index (χ1) is 11.3. The fourth-order valence-electron chi connectivity index (χ4n) is 2.62. The molecule has 138 valence electrons. The van der Waals surface area contributed by atoms with Crippen molar-refractivity contribution in [1.29, 1.82) is 0 Å². The van der Waals surface area contributed by atoms with Crippen molar-refractivity contribution in [2.24, 2.45) is 0 Å². The van der Waals surface area contributed by atoms with Crippen LogP contribution in [0, 0.1) is 0 Å². The van der Waals surface area contributed by atoms with E-state index in [4.69, 9.17) is 0 Å². The number of rotatable bonds is 14. The second kappa shape index (κ2) is 14.2. The minimum Gasteiger partial charge on any atom is -0.282 e. The van der Waals surface area contributed by atoms with Crippen LogP contribution < -0.4 is 0 Å². The summed E-state index contributed by atoms with van der Waals surface area (Å²) in [7, 11) is 4.24. The van der Waals surface area contributed by atoms with Gasteiger partial charge in [-0.05, 0) is 51.9 Å². The second-order valence-corrected chi connectivity index (χ2v) is 10.6. The molecule has 0 bridgehead atoms. The number of nitrogens with zero attached hydrogens (tertiary/aromatic N) is 2. The van der Waals surface area contributed by atoms with Crippen LogP contribution in [0.1, 0.15) is 79.1 Å². The summed E-state index contributed by atoms with van der Waals surface area (Å²) in [5.74, 6) is 0. The highest BCUT2D eigenvalue weighted by Gasteiger charge is 2.34. The van der Waals surface area contributed by atoms with Crippen LogP contribution in [0.15, 0.2) is 0 Å². The topological polar surface area (TPSA) is 6.48 Å². The van der Waals surface area contributed by atoms with E-state index in [0.717, 1.165) is 0 Å². The lowest BCUT2D eigenvalue weighted by atomic mass is 10.3. The van der Waals surface area contributed by atoms with Gasteiger partial charge in [0.05, 0.1) is 0 Å². The van der Waals surface area contributed by atoms with Gasteiger partial charge in [-0.15, -0.1) is 0 Å². The molecule has 1 aliphatic heterocycles. The summed E-state index contributed by atoms with van der Waals surface area (Å²) in [6.07, 6.45) is 10.6. The summed E-state index contributed by atoms with van der Waals surface area (Å²) in [5.41, 5.74) is 0. The molecule has 0 aromatic carbocycles. The lowest BCUT2D eigenvalue weighted by Crippen LogP contribution is -2.35. The summed E-state index contributed by atoms with van der Waals surface area (Å²) >= 11 is 2.21. The van der Waals surface area contributed by atoms with Crippen LogP contribution in [-0.2, 0) is 0 Å². The molecule has 2 unspecified atom stereocenters. The molecule has 0 spiro atoms. The quantitative estimate of drug-likeness (QED) is 0.318. The summed E-state index contributed by atoms with van der Waals surface area (Å²) in [5, 5.41) is 0. The second-order valence-electron chi connectivity index (χ2n) is 6.43. The molecular formula is C18H38N2S3. The molecule has 23 heavy (non-hydrogen) atoms. The fraction of sp³-hybridized carbons (Fsp3) is 1.00. The van der Waals surface area contributed by atoms with E-state index in [9.17, 15) is 0 Å². The van der Waals surface area contributed by atoms with Gasteiger partial charge in [-0.3, -0.25) is 9.80 Å². The van der Waals surface area contributed by atoms with Crippen LogP contribution in [0.2, 0.25) is 0 Å². The monoisotopic (exact) mass is 378 g/mol. The van der Waals surface area contributed by atoms with E-state index in [-0.39, 0.29) is 0 Å². The summed E-state index contributed by atoms with van der Waals surface area (Å²) < 4.78 is 1.32. The molecule has 2 atom stereocenters. The lowest BCUT2D eigenvalue weighted by Gasteiger charge is -2.29. The molecule has 1 saturated heterocycles. The SMILES string of the molecule is CCCCN(CCCC)C1SSC(N(CCCC)CCCC)S1. The highest BCUT2D eigenvalue weighted by molar-refractivity contribution is 8.82. The van der Waals surface area contributed by atoms with Gasteiger partial charge >= 0.3 is 0 Å². The Kier molecular flexibility index (Phi) is 13.6. The van der Waals surface area contributed by atoms with E-state index in [1.54, 1.807) is 0 Å². The van der Waals surface area contributed by atoms with E-state index in [1.807, 2.05) is 0 Å². The van der Waals surface area contributed by atoms with Gasteiger partial charge in [0.15, 0.2) is 0 Å². The standard InChI is InChI=1S/C18H38N2S3/c1-5-9-13-19(14-10-6-2)17-21-18(23-22-17)20(15-11-7-3)16-12-8-4/h17-18H,5-16H2,1-4H3. The van der Waals surface area contributed by atoms with E-state index in [0.29, 0.717) is 9.41 Å². The minimum absolute atomic E-state index is 0.661. The van der Waals surface area contributed by atoms with Crippen LogP contribution in [0.3, 0.4) is 0 Å². The molecule has 0 aromatic rings. The molecular weight excluding hydrogens is 340 g/mol. The number of thioether (sulfide) groups is 1. The number of hydrogen-bond donors (Lipinski definition) is 0. The highest BCUT2D eigenvalue weighted by atomic mass is 33.1. The van der Waals surface area contributed by atoms with Crippen LogP contribution in [0.25, 0.3) is 0 Å². The largest absolute Gasteiger partial charge is 0.282 e. The van der Waals surface area contributed by atoms with Gasteiger partial charge in [-0.2, -0.15) is 0 Å². The Bertz CT molecular complexity index is 237. The maximum Gasteiger partial charge on any atom is 0.115 e. The van der Waals surface area contributed by atoms with Gasteiger partial charge in [0.2, 0.25) is 0 Å². The first-order valence-electron chi connectivity index (χ1n) is 9.72. The van der Waals surface area contributed by atoms with E-state index >= 15 is 0 Å². The zero-order valence-electron chi connectivity index (χ0n) is 15.8. The van der Waals surface area contributed by atoms with Crippen molar-refractivity contribution in [3.05, 3.63) is 0 Å². The first-order valence-corrected chi connectivity index (χ1v) is 12.9. The minimum atomic E-state index is 0.661. The van der Waals surface area contributed by atoms with Crippen molar-refractivity contribution in [1.82, 2.24) is 9.80 Å². The molecule has 1 rings (SSSR count). The molecule has 0 radical (unpaired) electrons. The highest BCUT2D eigenvalue weighted by Crippen LogP contribution is 2.53. The van der Waals surface area contributed by atoms with Crippen molar-refractivity contribution in [2.75, 3.05) is 26.2 Å². The van der Waals surface area contributed by atoms with Gasteiger partial charge < -0.3 is 0 Å². The zero-order valence-corrected chi connectivity index (χ0v) is 18.2. The Labute approximate surface area is 157 Å². The van der Waals surface area contributed by atoms with Crippen LogP contribution >= 0.6 is 33.3 Å². The third kappa shape index (κ3) is 8.75. The molecule has 0 N–H and O–H groups in total. The first kappa shape index (κ1) is 22.0. The summed E-state index contributed by atoms with van der Waals surface area (Å²) in [4.78, 5) is 5.49. The molecule has 2 nitrogen and oxygen atoms in total. The zero-order chi connectivity index (χ0) is 16.9. The predicted octanol–water partition coefficient (Wildman–Crippen LogP) is 6.49. The Morgan fingerprint density at radius 2 is 0.870 bits per heavy atom. The van der Waals surface area contributed by atoms with E-state index in [1.165, 1.54) is 77.5 Å². The number of unbranched alkanes of at least 4 members (excludes halogenated alkanes) is 4. The average molecular weight is 379 g/mol. The Hall–Kier alpha value is 0.970.